The lowest BCUT2D eigenvalue weighted by Crippen LogP contribution is -2.05. The molecule has 0 aliphatic rings. The van der Waals surface area contributed by atoms with Gasteiger partial charge in [-0.25, -0.2) is 4.39 Å². The molecule has 0 saturated carbocycles. The van der Waals surface area contributed by atoms with Crippen LogP contribution in [0, 0.1) is 6.92 Å². The number of rotatable bonds is 3. The van der Waals surface area contributed by atoms with Crippen LogP contribution in [0.4, 0.5) is 4.39 Å². The Bertz CT molecular complexity index is 305. The number of hydrogen-bond acceptors (Lipinski definition) is 1. The zero-order chi connectivity index (χ0) is 9.68. The van der Waals surface area contributed by atoms with E-state index in [2.05, 4.69) is 0 Å². The van der Waals surface area contributed by atoms with Gasteiger partial charge in [-0.15, -0.1) is 0 Å². The van der Waals surface area contributed by atoms with Crippen LogP contribution in [0.3, 0.4) is 0 Å². The quantitative estimate of drug-likeness (QED) is 0.757. The second-order valence-corrected chi connectivity index (χ2v) is 3.14. The van der Waals surface area contributed by atoms with Crippen molar-refractivity contribution in [2.45, 2.75) is 13.3 Å². The first-order valence-corrected chi connectivity index (χ1v) is 4.30. The Morgan fingerprint density at radius 3 is 2.85 bits per heavy atom. The zero-order valence-corrected chi connectivity index (χ0v) is 7.76. The third-order valence-corrected chi connectivity index (χ3v) is 1.93. The van der Waals surface area contributed by atoms with Crippen molar-refractivity contribution in [2.24, 2.45) is 5.73 Å². The summed E-state index contributed by atoms with van der Waals surface area (Å²) in [6, 6.07) is 8.01. The largest absolute Gasteiger partial charge is 0.327 e. The first kappa shape index (κ1) is 9.93. The molecule has 0 spiro atoms. The lowest BCUT2D eigenvalue weighted by Gasteiger charge is -2.03. The van der Waals surface area contributed by atoms with Gasteiger partial charge >= 0.3 is 0 Å². The number of aryl methyl sites for hydroxylation is 1. The summed E-state index contributed by atoms with van der Waals surface area (Å²) >= 11 is 0. The number of hydrogen-bond donors (Lipinski definition) is 1. The van der Waals surface area contributed by atoms with Crippen LogP contribution in [0.1, 0.15) is 11.1 Å². The highest BCUT2D eigenvalue weighted by Gasteiger charge is 1.97. The molecule has 70 valence electrons. The van der Waals surface area contributed by atoms with Gasteiger partial charge in [0, 0.05) is 6.54 Å². The Morgan fingerprint density at radius 2 is 2.31 bits per heavy atom. The average Bonchev–Trinajstić information content (AvgIpc) is 2.14. The van der Waals surface area contributed by atoms with E-state index in [0.717, 1.165) is 5.56 Å². The summed E-state index contributed by atoms with van der Waals surface area (Å²) in [5, 5.41) is 0. The molecule has 0 amide bonds. The third-order valence-electron chi connectivity index (χ3n) is 1.93. The second kappa shape index (κ2) is 4.77. The number of nitrogens with two attached hydrogens (primary N) is 1. The van der Waals surface area contributed by atoms with Crippen molar-refractivity contribution < 1.29 is 4.39 Å². The van der Waals surface area contributed by atoms with Gasteiger partial charge in [-0.2, -0.15) is 0 Å². The minimum absolute atomic E-state index is 0.282. The van der Waals surface area contributed by atoms with Gasteiger partial charge in [0.2, 0.25) is 0 Å². The molecule has 0 saturated heterocycles. The molecule has 0 radical (unpaired) electrons. The van der Waals surface area contributed by atoms with Gasteiger partial charge in [0.1, 0.15) is 0 Å². The summed E-state index contributed by atoms with van der Waals surface area (Å²) in [7, 11) is 0. The summed E-state index contributed by atoms with van der Waals surface area (Å²) in [5.41, 5.74) is 8.28. The average molecular weight is 179 g/mol. The molecule has 2 N–H and O–H groups in total. The Morgan fingerprint density at radius 1 is 1.54 bits per heavy atom. The van der Waals surface area contributed by atoms with Crippen LogP contribution in [0.15, 0.2) is 36.2 Å². The first-order chi connectivity index (χ1) is 6.26. The third kappa shape index (κ3) is 2.99. The standard InChI is InChI=1S/C11H14FN/c1-9-3-2-4-10(5-9)6-11(7-12)8-13/h2-5,7H,6,8,13H2,1H3. The normalized spacial score (nSPS) is 11.8. The molecule has 0 aliphatic carbocycles. The number of benzene rings is 1. The van der Waals surface area contributed by atoms with Crippen LogP contribution >= 0.6 is 0 Å². The molecule has 0 unspecified atom stereocenters. The summed E-state index contributed by atoms with van der Waals surface area (Å²) in [5.74, 6) is 0. The van der Waals surface area contributed by atoms with Crippen LogP contribution < -0.4 is 5.73 Å². The van der Waals surface area contributed by atoms with Crippen molar-refractivity contribution >= 4 is 0 Å². The van der Waals surface area contributed by atoms with Gasteiger partial charge in [-0.1, -0.05) is 29.8 Å². The smallest absolute Gasteiger partial charge is 0.0875 e. The molecule has 13 heavy (non-hydrogen) atoms. The van der Waals surface area contributed by atoms with Gasteiger partial charge in [0.25, 0.3) is 0 Å². The van der Waals surface area contributed by atoms with E-state index in [4.69, 9.17) is 5.73 Å². The minimum atomic E-state index is 0.282. The maximum absolute atomic E-state index is 12.2. The van der Waals surface area contributed by atoms with E-state index < -0.39 is 0 Å². The van der Waals surface area contributed by atoms with Crippen molar-refractivity contribution in [1.82, 2.24) is 0 Å². The Kier molecular flexibility index (Phi) is 3.65. The van der Waals surface area contributed by atoms with E-state index in [1.54, 1.807) is 0 Å². The van der Waals surface area contributed by atoms with E-state index in [1.807, 2.05) is 31.2 Å². The fraction of sp³-hybridized carbons (Fsp3) is 0.273. The van der Waals surface area contributed by atoms with Crippen LogP contribution in [0.2, 0.25) is 0 Å². The van der Waals surface area contributed by atoms with Crippen LogP contribution in [0.25, 0.3) is 0 Å². The topological polar surface area (TPSA) is 26.0 Å². The van der Waals surface area contributed by atoms with Gasteiger partial charge in [0.05, 0.1) is 6.33 Å². The first-order valence-electron chi connectivity index (χ1n) is 4.30. The molecule has 1 nitrogen and oxygen atoms in total. The zero-order valence-electron chi connectivity index (χ0n) is 7.76. The molecular weight excluding hydrogens is 165 g/mol. The van der Waals surface area contributed by atoms with Crippen molar-refractivity contribution in [3.05, 3.63) is 47.3 Å². The lowest BCUT2D eigenvalue weighted by atomic mass is 10.0. The molecule has 0 fully saturated rings. The highest BCUT2D eigenvalue weighted by molar-refractivity contribution is 5.26. The SMILES string of the molecule is Cc1cccc(CC(=CF)CN)c1. The Labute approximate surface area is 78.1 Å². The molecule has 1 rings (SSSR count). The van der Waals surface area contributed by atoms with Gasteiger partial charge in [-0.3, -0.25) is 0 Å². The summed E-state index contributed by atoms with van der Waals surface area (Å²) in [6.45, 7) is 2.30. The van der Waals surface area contributed by atoms with E-state index in [9.17, 15) is 4.39 Å². The van der Waals surface area contributed by atoms with Crippen LogP contribution in [-0.4, -0.2) is 6.54 Å². The lowest BCUT2D eigenvalue weighted by molar-refractivity contribution is 0.699. The predicted molar refractivity (Wildman–Crippen MR) is 53.1 cm³/mol. The van der Waals surface area contributed by atoms with E-state index in [0.29, 0.717) is 18.3 Å². The summed E-state index contributed by atoms with van der Waals surface area (Å²) in [4.78, 5) is 0. The molecule has 1 aromatic rings. The molecular formula is C11H14FN. The highest BCUT2D eigenvalue weighted by Crippen LogP contribution is 2.09. The van der Waals surface area contributed by atoms with Gasteiger partial charge in [-0.05, 0) is 24.5 Å². The molecule has 0 aromatic heterocycles. The van der Waals surface area contributed by atoms with Crippen molar-refractivity contribution in [3.8, 4) is 0 Å². The van der Waals surface area contributed by atoms with E-state index in [-0.39, 0.29) is 6.54 Å². The summed E-state index contributed by atoms with van der Waals surface area (Å²) in [6.07, 6.45) is 1.21. The molecule has 0 heterocycles. The van der Waals surface area contributed by atoms with Gasteiger partial charge < -0.3 is 5.73 Å². The van der Waals surface area contributed by atoms with Crippen molar-refractivity contribution in [3.63, 3.8) is 0 Å². The maximum atomic E-state index is 12.2. The fourth-order valence-electron chi connectivity index (χ4n) is 1.24. The summed E-state index contributed by atoms with van der Waals surface area (Å²) < 4.78 is 12.2. The van der Waals surface area contributed by atoms with Crippen molar-refractivity contribution in [2.75, 3.05) is 6.54 Å². The molecule has 0 aliphatic heterocycles. The Hall–Kier alpha value is -1.15. The molecule has 0 atom stereocenters. The predicted octanol–water partition coefficient (Wildman–Crippen LogP) is 2.35. The van der Waals surface area contributed by atoms with Gasteiger partial charge in [0.15, 0.2) is 0 Å². The van der Waals surface area contributed by atoms with E-state index >= 15 is 0 Å². The molecule has 0 bridgehead atoms. The second-order valence-electron chi connectivity index (χ2n) is 3.14. The minimum Gasteiger partial charge on any atom is -0.327 e. The molecule has 2 heteroatoms. The van der Waals surface area contributed by atoms with E-state index in [1.165, 1.54) is 5.56 Å². The fourth-order valence-corrected chi connectivity index (χ4v) is 1.24. The maximum Gasteiger partial charge on any atom is 0.0875 e. The monoisotopic (exact) mass is 179 g/mol. The Balaban J connectivity index is 2.74. The molecule has 1 aromatic carbocycles. The van der Waals surface area contributed by atoms with Crippen molar-refractivity contribution in [1.29, 1.82) is 0 Å². The van der Waals surface area contributed by atoms with Crippen LogP contribution in [-0.2, 0) is 6.42 Å². The van der Waals surface area contributed by atoms with Crippen LogP contribution in [0.5, 0.6) is 0 Å². The number of halogens is 1. The highest BCUT2D eigenvalue weighted by atomic mass is 19.1.